The fourth-order valence-corrected chi connectivity index (χ4v) is 20.2. The van der Waals surface area contributed by atoms with E-state index in [0.29, 0.717) is 21.1 Å². The van der Waals surface area contributed by atoms with E-state index in [9.17, 15) is 126 Å². The molecule has 814 valence electrons. The van der Waals surface area contributed by atoms with Crippen molar-refractivity contribution in [1.82, 2.24) is 39.1 Å². The van der Waals surface area contributed by atoms with Gasteiger partial charge in [0.05, 0.1) is 70.0 Å². The molecule has 44 nitrogen and oxygen atoms in total. The molecule has 150 heavy (non-hydrogen) atoms. The number of nitrogens with zero attached hydrogens (tertiary/aromatic N) is 6. The number of H-pyrrole nitrogens is 1. The van der Waals surface area contributed by atoms with Crippen LogP contribution in [0.2, 0.25) is 0 Å². The lowest BCUT2D eigenvalue weighted by molar-refractivity contribution is -0.213. The minimum absolute atomic E-state index is 0.00176. The molecule has 1 unspecified atom stereocenters. The van der Waals surface area contributed by atoms with Gasteiger partial charge >= 0.3 is 31.3 Å². The molecule has 0 aliphatic carbocycles. The molecule has 11 aliphatic heterocycles. The SMILES string of the molecule is C=C1O[C@@H](N2C=CC(=O)CC2=O)[C@](C)(O)[C@@H]1O.CC(C)OC(=O)[C@H](C)NP(=O)(OC[C@@]1(F)O[C@@H](n2ccc(=O)[nH]c2=O)[C@](C)(O)[C@@H]1O)Oc1cccc2ccccc12.CC[C@@]1(F)O[C@@H](N2C=CC(=O)CC2=O)[C@](C)(OC(=O)c2ccccc2)[C@@H]1C.C[C@H]1[C@@](C)(OC(=O)c2ccccc2)[C@H](N2C=CC(=O)CC2=O)O[C@]1(F)CI.C[C@]1(O)[C@H](N2C=CC(=O)CC2=O)O[C@](F)(CI)[C@H]1O.C[C@]1(O)[C@H](N2C=CC(=O)CC2=O)O[C@](F)(CO)[C@H]1O. The van der Waals surface area contributed by atoms with Crippen LogP contribution in [0.5, 0.6) is 5.75 Å². The predicted octanol–water partition coefficient (Wildman–Crippen LogP) is 5.71. The van der Waals surface area contributed by atoms with Crippen molar-refractivity contribution in [3.8, 4) is 5.75 Å². The maximum absolute atomic E-state index is 16.1. The number of fused-ring (bicyclic) bond motifs is 1. The number of amides is 5. The monoisotopic (exact) mass is 2360 g/mol. The number of allylic oxidation sites excluding steroid dienone is 5. The summed E-state index contributed by atoms with van der Waals surface area (Å²) in [5.41, 5.74) is -12.2. The minimum atomic E-state index is -4.65. The van der Waals surface area contributed by atoms with Gasteiger partial charge in [0, 0.05) is 55.1 Å². The van der Waals surface area contributed by atoms with Crippen LogP contribution in [-0.4, -0.2) is 309 Å². The molecule has 12 heterocycles. The Morgan fingerprint density at radius 3 is 1.25 bits per heavy atom. The Labute approximate surface area is 879 Å². The van der Waals surface area contributed by atoms with Gasteiger partial charge in [-0.25, -0.2) is 40.9 Å². The summed E-state index contributed by atoms with van der Waals surface area (Å²) in [6.07, 6.45) is -4.92. The van der Waals surface area contributed by atoms with Crippen molar-refractivity contribution in [3.05, 3.63) is 221 Å². The standard InChI is InChI=1S/C26H31FN3O10P.C20H22FNO5.C19H19FINO5.C11H13FINO5.C11H14FNO6.C11H13NO5/c1-15(2)38-21(32)16(3)29-41(36,40-19-11-7-9-17-8-5-6-10-18(17)19)37-14-26(27)22(33)25(4,35)23(39-26)30-13-12-20(31)28-24(30)34;1-4-20(21)13(2)19(3,26-17(25)14-8-6-5-7-9-14)18(27-20)22-11-10-15(23)12-16(22)24;1-12-18(2,26-16(25)13-6-4-3-5-7-13)17(27-19(12,20)11-21)22-9-8-14(23)10-15(22)24;1-10(18)8(17)11(12,5-13)19-9(10)14-3-2-6(15)4-7(14)16;1-10(18)8(17)11(12,5-14)19-9(10)13-3-2-6(15)4-7(13)16;1-6-9(15)11(2,16)10(17-6)12-4-3-7(13)5-8(12)14/h5-13,15-16,22-23,33,35H,14H2,1-4H3,(H,29,36)(H,28,31,34);5-11,13,18H,4,12H2,1-3H3;3-9,12,17H,10-11H2,1-2H3;2-3,8-9,17-18H,4-5H2,1H3;2-3,8-9,14,17-18H,4-5H2,1H3;3-4,9-10,15-16H,1,5H2,2H3/t16-,22-,23+,25+,26+,41?;13-,18+,19+,20+;12-,17+,18+,19+;2*8-,9+,10+,11+;9-,10-,11-/m000001/s1. The Morgan fingerprint density at radius 2 is 0.860 bits per heavy atom. The van der Waals surface area contributed by atoms with Gasteiger partial charge in [-0.2, -0.15) is 5.09 Å². The molecule has 16 rings (SSSR count). The zero-order valence-electron chi connectivity index (χ0n) is 82.4. The third kappa shape index (κ3) is 24.9. The summed E-state index contributed by atoms with van der Waals surface area (Å²) in [6, 6.07) is 28.2. The molecule has 11 N–H and O–H groups in total. The van der Waals surface area contributed by atoms with Crippen LogP contribution in [0.1, 0.15) is 149 Å². The summed E-state index contributed by atoms with van der Waals surface area (Å²) < 4.78 is 149. The van der Waals surface area contributed by atoms with E-state index in [-0.39, 0.29) is 75.6 Å². The summed E-state index contributed by atoms with van der Waals surface area (Å²) in [6.45, 7) is 18.1. The highest BCUT2D eigenvalue weighted by atomic mass is 127. The average molecular weight is 2360 g/mol. The maximum atomic E-state index is 16.1. The van der Waals surface area contributed by atoms with Crippen LogP contribution in [0.15, 0.2) is 199 Å². The van der Waals surface area contributed by atoms with Crippen molar-refractivity contribution < 1.29 is 186 Å². The van der Waals surface area contributed by atoms with Gasteiger partial charge in [0.2, 0.25) is 53.3 Å². The van der Waals surface area contributed by atoms with E-state index in [1.807, 2.05) is 27.6 Å². The minimum Gasteiger partial charge on any atom is -0.469 e. The number of ketones is 5. The Kier molecular flexibility index (Phi) is 36.7. The average Bonchev–Trinajstić information content (AvgIpc) is 1.80. The first kappa shape index (κ1) is 119. The summed E-state index contributed by atoms with van der Waals surface area (Å²) in [5.74, 6) is -21.0. The number of ether oxygens (including phenoxy) is 9. The molecule has 52 heteroatoms. The molecular weight excluding hydrogens is 2240 g/mol. The number of aliphatic hydroxyl groups is 9. The van der Waals surface area contributed by atoms with Gasteiger partial charge in [-0.3, -0.25) is 96.1 Å². The topological polar surface area (TPSA) is 606 Å². The number of aliphatic hydroxyl groups excluding tert-OH is 5. The first-order valence-electron chi connectivity index (χ1n) is 46.3. The van der Waals surface area contributed by atoms with Crippen molar-refractivity contribution >= 4 is 140 Å². The molecule has 5 amide bonds. The lowest BCUT2D eigenvalue weighted by Crippen LogP contribution is -2.54. The summed E-state index contributed by atoms with van der Waals surface area (Å²) in [5, 5.41) is 93.7. The second-order valence-electron chi connectivity index (χ2n) is 37.8. The maximum Gasteiger partial charge on any atom is 0.459 e. The van der Waals surface area contributed by atoms with Crippen molar-refractivity contribution in [2.45, 2.75) is 258 Å². The summed E-state index contributed by atoms with van der Waals surface area (Å²) in [7, 11) is -4.65. The molecule has 6 fully saturated rings. The molecule has 0 radical (unpaired) electrons. The zero-order chi connectivity index (χ0) is 111. The number of aromatic amines is 1. The second-order valence-corrected chi connectivity index (χ2v) is 41.0. The van der Waals surface area contributed by atoms with E-state index in [0.717, 1.165) is 80.5 Å². The smallest absolute Gasteiger partial charge is 0.459 e. The number of rotatable bonds is 23. The zero-order valence-corrected chi connectivity index (χ0v) is 87.6. The number of hydrogen-bond acceptors (Lipinski definition) is 36. The van der Waals surface area contributed by atoms with Crippen LogP contribution < -0.4 is 20.9 Å². The Hall–Kier alpha value is -11.3. The first-order chi connectivity index (χ1) is 69.8. The number of hydrogen-bond donors (Lipinski definition) is 11. The van der Waals surface area contributed by atoms with E-state index in [1.54, 1.807) is 168 Å². The second kappa shape index (κ2) is 46.3. The lowest BCUT2D eigenvalue weighted by Gasteiger charge is -2.38. The molecule has 1 aromatic heterocycles. The number of carbonyl (C=O) groups is 13. The molecular formula is C98H112F5I2N8O36P. The van der Waals surface area contributed by atoms with Crippen LogP contribution in [0.4, 0.5) is 22.0 Å². The molecule has 4 aromatic carbocycles. The van der Waals surface area contributed by atoms with Gasteiger partial charge < -0.3 is 93.1 Å². The van der Waals surface area contributed by atoms with E-state index < -0.39 is 241 Å². The first-order valence-corrected chi connectivity index (χ1v) is 50.9. The van der Waals surface area contributed by atoms with Gasteiger partial charge in [-0.1, -0.05) is 145 Å². The number of benzene rings is 4. The van der Waals surface area contributed by atoms with Gasteiger partial charge in [0.25, 0.3) is 17.3 Å². The van der Waals surface area contributed by atoms with Crippen LogP contribution in [0.25, 0.3) is 10.8 Å². The van der Waals surface area contributed by atoms with Gasteiger partial charge in [-0.05, 0) is 128 Å². The number of nitrogens with one attached hydrogen (secondary N) is 2. The third-order valence-electron chi connectivity index (χ3n) is 26.2. The van der Waals surface area contributed by atoms with Gasteiger partial charge in [-0.15, -0.1) is 0 Å². The fourth-order valence-electron chi connectivity index (χ4n) is 17.2. The molecule has 6 saturated heterocycles. The number of alkyl halides is 7. The van der Waals surface area contributed by atoms with Crippen molar-refractivity contribution in [2.24, 2.45) is 11.8 Å². The van der Waals surface area contributed by atoms with Crippen LogP contribution >= 0.6 is 52.9 Å². The number of carbonyl (C=O) groups excluding carboxylic acids is 13. The van der Waals surface area contributed by atoms with Crippen molar-refractivity contribution in [3.63, 3.8) is 0 Å². The van der Waals surface area contributed by atoms with E-state index in [2.05, 4.69) is 11.7 Å². The highest BCUT2D eigenvalue weighted by molar-refractivity contribution is 14.1. The number of aromatic nitrogens is 2. The predicted molar refractivity (Wildman–Crippen MR) is 525 cm³/mol. The fraction of sp³-hybridized carbons (Fsp3) is 0.480. The molecule has 5 aromatic rings. The molecule has 25 atom stereocenters. The normalized spacial score (nSPS) is 34.5. The third-order valence-corrected chi connectivity index (χ3v) is 29.9. The van der Waals surface area contributed by atoms with Crippen LogP contribution in [0, 0.1) is 11.8 Å². The van der Waals surface area contributed by atoms with Gasteiger partial charge in [0.15, 0.2) is 76.9 Å². The van der Waals surface area contributed by atoms with E-state index >= 15 is 13.2 Å². The van der Waals surface area contributed by atoms with Crippen molar-refractivity contribution in [1.29, 1.82) is 0 Å². The largest absolute Gasteiger partial charge is 0.469 e. The Bertz CT molecular complexity index is 6140. The molecule has 0 spiro atoms. The lowest BCUT2D eigenvalue weighted by atomic mass is 9.84. The molecule has 0 bridgehead atoms. The highest BCUT2D eigenvalue weighted by Gasteiger charge is 2.70. The Morgan fingerprint density at radius 1 is 0.493 bits per heavy atom. The van der Waals surface area contributed by atoms with E-state index in [1.165, 1.54) is 63.7 Å². The quantitative estimate of drug-likeness (QED) is 0.00709. The highest BCUT2D eigenvalue weighted by Crippen LogP contribution is 2.55. The van der Waals surface area contributed by atoms with E-state index in [4.69, 9.17) is 56.8 Å². The van der Waals surface area contributed by atoms with Crippen LogP contribution in [0.3, 0.4) is 0 Å². The van der Waals surface area contributed by atoms with Crippen LogP contribution in [-0.2, 0) is 104 Å². The number of esters is 3. The van der Waals surface area contributed by atoms with Crippen molar-refractivity contribution in [2.75, 3.05) is 22.1 Å². The molecule has 11 aliphatic rings. The van der Waals surface area contributed by atoms with Gasteiger partial charge in [0.1, 0.15) is 72.0 Å². The summed E-state index contributed by atoms with van der Waals surface area (Å²) >= 11 is 3.54. The number of halogens is 7. The Balaban J connectivity index is 0.000000175. The summed E-state index contributed by atoms with van der Waals surface area (Å²) in [4.78, 5) is 184. The molecule has 0 saturated carbocycles.